The van der Waals surface area contributed by atoms with E-state index < -0.39 is 18.1 Å². The fraction of sp³-hybridized carbons (Fsp3) is 0.533. The molecule has 0 heterocycles. The monoisotopic (exact) mass is 291 g/mol. The smallest absolute Gasteiger partial charge is 0.302 e. The Balaban J connectivity index is 2.59. The molecule has 0 radical (unpaired) electrons. The van der Waals surface area contributed by atoms with Crippen molar-refractivity contribution in [3.63, 3.8) is 0 Å². The number of rotatable bonds is 9. The van der Waals surface area contributed by atoms with Gasteiger partial charge in [0, 0.05) is 11.8 Å². The first-order chi connectivity index (χ1) is 10.2. The van der Waals surface area contributed by atoms with Gasteiger partial charge in [-0.1, -0.05) is 48.8 Å². The first-order valence-electron chi connectivity index (χ1n) is 7.00. The van der Waals surface area contributed by atoms with Crippen LogP contribution in [0.3, 0.4) is 0 Å². The Hall–Kier alpha value is -2.04. The van der Waals surface area contributed by atoms with Gasteiger partial charge in [-0.05, 0) is 17.5 Å². The van der Waals surface area contributed by atoms with Gasteiger partial charge < -0.3 is 9.47 Å². The van der Waals surface area contributed by atoms with Crippen molar-refractivity contribution in [3.8, 4) is 0 Å². The first kappa shape index (κ1) is 17.0. The van der Waals surface area contributed by atoms with Gasteiger partial charge in [0.25, 0.3) is 0 Å². The molecule has 0 saturated heterocycles. The lowest BCUT2D eigenvalue weighted by molar-refractivity contribution is -0.151. The van der Waals surface area contributed by atoms with Gasteiger partial charge in [-0.2, -0.15) is 0 Å². The summed E-state index contributed by atoms with van der Waals surface area (Å²) in [4.78, 5) is 14.0. The van der Waals surface area contributed by atoms with Crippen LogP contribution in [-0.4, -0.2) is 24.7 Å². The number of nitrogens with zero attached hydrogens (tertiary/aromatic N) is 3. The summed E-state index contributed by atoms with van der Waals surface area (Å²) < 4.78 is 10.8. The Morgan fingerprint density at radius 2 is 2.10 bits per heavy atom. The Morgan fingerprint density at radius 3 is 2.67 bits per heavy atom. The minimum absolute atomic E-state index is 0.207. The summed E-state index contributed by atoms with van der Waals surface area (Å²) in [6.07, 6.45) is 0.929. The van der Waals surface area contributed by atoms with E-state index in [4.69, 9.17) is 15.0 Å². The van der Waals surface area contributed by atoms with Crippen molar-refractivity contribution < 1.29 is 14.3 Å². The summed E-state index contributed by atoms with van der Waals surface area (Å²) in [5.74, 6) is -0.405. The molecule has 1 aromatic carbocycles. The predicted molar refractivity (Wildman–Crippen MR) is 79.5 cm³/mol. The van der Waals surface area contributed by atoms with Crippen LogP contribution < -0.4 is 0 Å². The second kappa shape index (κ2) is 9.80. The van der Waals surface area contributed by atoms with Crippen LogP contribution in [-0.2, 0) is 20.9 Å². The van der Waals surface area contributed by atoms with E-state index in [0.29, 0.717) is 13.0 Å². The average Bonchev–Trinajstić information content (AvgIpc) is 2.47. The SMILES string of the molecule is CCC[C@H](N=[N+]=[N-])[C@@H](COCc1ccccc1)OC(C)=O. The predicted octanol–water partition coefficient (Wildman–Crippen LogP) is 3.61. The Labute approximate surface area is 124 Å². The molecule has 0 bridgehead atoms. The van der Waals surface area contributed by atoms with Crippen LogP contribution in [0.1, 0.15) is 32.3 Å². The zero-order valence-corrected chi connectivity index (χ0v) is 12.4. The molecule has 6 nitrogen and oxygen atoms in total. The number of hydrogen-bond acceptors (Lipinski definition) is 4. The molecule has 0 aliphatic rings. The van der Waals surface area contributed by atoms with Crippen LogP contribution in [0.2, 0.25) is 0 Å². The van der Waals surface area contributed by atoms with Gasteiger partial charge in [0.2, 0.25) is 0 Å². The normalized spacial score (nSPS) is 13.0. The third-order valence-electron chi connectivity index (χ3n) is 2.92. The third-order valence-corrected chi connectivity index (χ3v) is 2.92. The van der Waals surface area contributed by atoms with Crippen LogP contribution in [0.15, 0.2) is 35.4 Å². The molecule has 114 valence electrons. The summed E-state index contributed by atoms with van der Waals surface area (Å²) in [7, 11) is 0. The minimum Gasteiger partial charge on any atom is -0.460 e. The van der Waals surface area contributed by atoms with Gasteiger partial charge in [0.05, 0.1) is 19.3 Å². The largest absolute Gasteiger partial charge is 0.460 e. The quantitative estimate of drug-likeness (QED) is 0.301. The van der Waals surface area contributed by atoms with E-state index in [1.54, 1.807) is 0 Å². The van der Waals surface area contributed by atoms with Crippen LogP contribution in [0, 0.1) is 0 Å². The van der Waals surface area contributed by atoms with E-state index in [1.165, 1.54) is 6.92 Å². The standard InChI is InChI=1S/C15H21N3O3/c1-3-7-14(17-18-16)15(21-12(2)19)11-20-10-13-8-5-4-6-9-13/h4-6,8-9,14-15H,3,7,10-11H2,1-2H3/t14-,15+/m0/s1. The van der Waals surface area contributed by atoms with E-state index in [-0.39, 0.29) is 6.61 Å². The fourth-order valence-electron chi connectivity index (χ4n) is 1.98. The topological polar surface area (TPSA) is 84.3 Å². The maximum atomic E-state index is 11.2. The van der Waals surface area contributed by atoms with E-state index in [0.717, 1.165) is 12.0 Å². The highest BCUT2D eigenvalue weighted by Gasteiger charge is 2.23. The Kier molecular flexibility index (Phi) is 7.94. The zero-order chi connectivity index (χ0) is 15.5. The maximum Gasteiger partial charge on any atom is 0.302 e. The molecule has 0 fully saturated rings. The van der Waals surface area contributed by atoms with Gasteiger partial charge in [-0.15, -0.1) is 0 Å². The molecular weight excluding hydrogens is 270 g/mol. The van der Waals surface area contributed by atoms with Crippen LogP contribution in [0.25, 0.3) is 10.4 Å². The van der Waals surface area contributed by atoms with Crippen molar-refractivity contribution in [3.05, 3.63) is 46.3 Å². The lowest BCUT2D eigenvalue weighted by atomic mass is 10.1. The first-order valence-corrected chi connectivity index (χ1v) is 7.00. The molecule has 0 aliphatic heterocycles. The highest BCUT2D eigenvalue weighted by atomic mass is 16.6. The molecule has 1 aromatic rings. The molecule has 0 N–H and O–H groups in total. The molecule has 0 aromatic heterocycles. The van der Waals surface area contributed by atoms with Crippen LogP contribution in [0.5, 0.6) is 0 Å². The molecule has 0 aliphatic carbocycles. The number of hydrogen-bond donors (Lipinski definition) is 0. The second-order valence-corrected chi connectivity index (χ2v) is 4.71. The number of azide groups is 1. The summed E-state index contributed by atoms with van der Waals surface area (Å²) in [5.41, 5.74) is 9.66. The Bertz CT molecular complexity index is 472. The molecule has 2 atom stereocenters. The van der Waals surface area contributed by atoms with Crippen molar-refractivity contribution in [2.24, 2.45) is 5.11 Å². The van der Waals surface area contributed by atoms with Gasteiger partial charge >= 0.3 is 5.97 Å². The second-order valence-electron chi connectivity index (χ2n) is 4.71. The summed E-state index contributed by atoms with van der Waals surface area (Å²) >= 11 is 0. The van der Waals surface area contributed by atoms with Gasteiger partial charge in [-0.25, -0.2) is 0 Å². The number of ether oxygens (including phenoxy) is 2. The molecule has 0 saturated carbocycles. The zero-order valence-electron chi connectivity index (χ0n) is 12.4. The van der Waals surface area contributed by atoms with Crippen molar-refractivity contribution in [2.75, 3.05) is 6.61 Å². The van der Waals surface area contributed by atoms with Gasteiger partial charge in [0.15, 0.2) is 0 Å². The van der Waals surface area contributed by atoms with Crippen molar-refractivity contribution >= 4 is 5.97 Å². The van der Waals surface area contributed by atoms with Gasteiger partial charge in [-0.3, -0.25) is 4.79 Å². The molecule has 21 heavy (non-hydrogen) atoms. The number of carbonyl (C=O) groups excluding carboxylic acids is 1. The molecule has 0 amide bonds. The van der Waals surface area contributed by atoms with Crippen molar-refractivity contribution in [1.29, 1.82) is 0 Å². The lowest BCUT2D eigenvalue weighted by Crippen LogP contribution is -2.33. The fourth-order valence-corrected chi connectivity index (χ4v) is 1.98. The van der Waals surface area contributed by atoms with Crippen LogP contribution >= 0.6 is 0 Å². The van der Waals surface area contributed by atoms with Crippen LogP contribution in [0.4, 0.5) is 0 Å². The van der Waals surface area contributed by atoms with E-state index in [1.807, 2.05) is 37.3 Å². The number of carbonyl (C=O) groups is 1. The Morgan fingerprint density at radius 1 is 1.38 bits per heavy atom. The average molecular weight is 291 g/mol. The van der Waals surface area contributed by atoms with Crippen molar-refractivity contribution in [2.45, 2.75) is 45.4 Å². The van der Waals surface area contributed by atoms with E-state index >= 15 is 0 Å². The molecule has 6 heteroatoms. The number of benzene rings is 1. The number of esters is 1. The van der Waals surface area contributed by atoms with E-state index in [2.05, 4.69) is 10.0 Å². The molecule has 0 unspecified atom stereocenters. The summed E-state index contributed by atoms with van der Waals surface area (Å²) in [6, 6.07) is 9.31. The van der Waals surface area contributed by atoms with Gasteiger partial charge in [0.1, 0.15) is 6.10 Å². The minimum atomic E-state index is -0.554. The maximum absolute atomic E-state index is 11.2. The highest BCUT2D eigenvalue weighted by Crippen LogP contribution is 2.13. The highest BCUT2D eigenvalue weighted by molar-refractivity contribution is 5.66. The van der Waals surface area contributed by atoms with E-state index in [9.17, 15) is 4.79 Å². The molecular formula is C15H21N3O3. The third kappa shape index (κ3) is 6.79. The molecule has 1 rings (SSSR count). The molecule has 0 spiro atoms. The van der Waals surface area contributed by atoms with Crippen molar-refractivity contribution in [1.82, 2.24) is 0 Å². The summed E-state index contributed by atoms with van der Waals surface area (Å²) in [5, 5.41) is 3.72. The lowest BCUT2D eigenvalue weighted by Gasteiger charge is -2.22. The summed E-state index contributed by atoms with van der Waals surface area (Å²) in [6.45, 7) is 3.95.